The first-order valence-corrected chi connectivity index (χ1v) is 2.96. The van der Waals surface area contributed by atoms with Crippen molar-refractivity contribution in [1.82, 2.24) is 0 Å². The number of nitrogens with zero attached hydrogens (tertiary/aromatic N) is 2. The quantitative estimate of drug-likeness (QED) is 0.565. The summed E-state index contributed by atoms with van der Waals surface area (Å²) in [6.45, 7) is 8.04. The molecule has 0 fully saturated rings. The molecule has 0 aliphatic rings. The van der Waals surface area contributed by atoms with Crippen LogP contribution in [0.25, 0.3) is 0 Å². The first kappa shape index (κ1) is 23.3. The SMILES string of the molecule is C[C-]=C(C)CN=N[CH-]C.[CH3-].[Y+3].[Y]. The van der Waals surface area contributed by atoms with E-state index in [0.717, 1.165) is 5.57 Å². The van der Waals surface area contributed by atoms with E-state index in [1.54, 1.807) is 6.54 Å². The van der Waals surface area contributed by atoms with E-state index >= 15 is 0 Å². The van der Waals surface area contributed by atoms with E-state index in [0.29, 0.717) is 6.54 Å². The van der Waals surface area contributed by atoms with Crippen LogP contribution in [0.4, 0.5) is 0 Å². The van der Waals surface area contributed by atoms with E-state index in [-0.39, 0.29) is 72.8 Å². The Kier molecular flexibility index (Phi) is 35.5. The van der Waals surface area contributed by atoms with E-state index in [2.05, 4.69) is 16.3 Å². The summed E-state index contributed by atoms with van der Waals surface area (Å²) in [5.74, 6) is 0. The second kappa shape index (κ2) is 18.3. The maximum atomic E-state index is 3.83. The number of rotatable bonds is 3. The molecule has 0 saturated heterocycles. The van der Waals surface area contributed by atoms with Gasteiger partial charge >= 0.3 is 32.7 Å². The van der Waals surface area contributed by atoms with Crippen LogP contribution in [0.15, 0.2) is 15.8 Å². The van der Waals surface area contributed by atoms with Gasteiger partial charge in [-0.15, -0.1) is 0 Å². The van der Waals surface area contributed by atoms with Gasteiger partial charge in [0.1, 0.15) is 0 Å². The Hall–Kier alpha value is 1.42. The molecule has 0 amide bonds. The third kappa shape index (κ3) is 17.5. The molecule has 0 atom stereocenters. The van der Waals surface area contributed by atoms with Crippen molar-refractivity contribution in [1.29, 1.82) is 0 Å². The fourth-order valence-corrected chi connectivity index (χ4v) is 0.308. The Morgan fingerprint density at radius 1 is 1.50 bits per heavy atom. The van der Waals surface area contributed by atoms with Gasteiger partial charge in [-0.3, -0.25) is 6.54 Å². The zero-order valence-corrected chi connectivity index (χ0v) is 14.0. The molecule has 0 spiro atoms. The van der Waals surface area contributed by atoms with Crippen LogP contribution in [-0.2, 0) is 65.4 Å². The molecule has 0 bridgehead atoms. The average molecular weight is 317 g/mol. The Bertz CT molecular complexity index is 122. The maximum absolute atomic E-state index is 3.83. The van der Waals surface area contributed by atoms with Gasteiger partial charge in [0.2, 0.25) is 0 Å². The first-order valence-electron chi connectivity index (χ1n) is 2.96. The van der Waals surface area contributed by atoms with Crippen molar-refractivity contribution < 1.29 is 65.4 Å². The standard InChI is InChI=1S/C7H12N2.CH3.2Y/c1-4-7(3)6-9-8-5-2;;;/h5H,6H2,1-3H3;1H3;;/q-2;-1;;+3. The molecule has 0 aromatic carbocycles. The van der Waals surface area contributed by atoms with Crippen molar-refractivity contribution in [2.45, 2.75) is 20.8 Å². The summed E-state index contributed by atoms with van der Waals surface area (Å²) >= 11 is 0. The summed E-state index contributed by atoms with van der Waals surface area (Å²) in [5, 5.41) is 7.53. The minimum Gasteiger partial charge on any atom is -0.499 e. The monoisotopic (exact) mass is 317 g/mol. The number of azo groups is 1. The fourth-order valence-electron chi connectivity index (χ4n) is 0.308. The van der Waals surface area contributed by atoms with E-state index in [4.69, 9.17) is 0 Å². The molecule has 12 heavy (non-hydrogen) atoms. The van der Waals surface area contributed by atoms with Crippen LogP contribution in [0.3, 0.4) is 0 Å². The van der Waals surface area contributed by atoms with E-state index in [1.165, 1.54) is 0 Å². The number of allylic oxidation sites excluding steroid dienone is 1. The van der Waals surface area contributed by atoms with Gasteiger partial charge in [0.15, 0.2) is 0 Å². The summed E-state index contributed by atoms with van der Waals surface area (Å²) < 4.78 is 0. The van der Waals surface area contributed by atoms with Gasteiger partial charge in [-0.2, -0.15) is 13.8 Å². The van der Waals surface area contributed by atoms with Crippen molar-refractivity contribution >= 4 is 0 Å². The molecule has 4 heteroatoms. The molecule has 0 aromatic rings. The smallest absolute Gasteiger partial charge is 0.499 e. The van der Waals surface area contributed by atoms with Gasteiger partial charge < -0.3 is 18.6 Å². The molecular formula is C8H15N2Y2. The van der Waals surface area contributed by atoms with Crippen molar-refractivity contribution in [2.75, 3.05) is 6.54 Å². The summed E-state index contributed by atoms with van der Waals surface area (Å²) in [6.07, 6.45) is 2.97. The van der Waals surface area contributed by atoms with E-state index in [9.17, 15) is 0 Å². The van der Waals surface area contributed by atoms with Crippen LogP contribution in [0, 0.1) is 20.0 Å². The van der Waals surface area contributed by atoms with Crippen LogP contribution in [-0.4, -0.2) is 6.54 Å². The van der Waals surface area contributed by atoms with Crippen molar-refractivity contribution in [3.05, 3.63) is 25.6 Å². The summed E-state index contributed by atoms with van der Waals surface area (Å²) in [5.41, 5.74) is 1.13. The Balaban J connectivity index is -0.000000107. The van der Waals surface area contributed by atoms with Crippen LogP contribution in [0.5, 0.6) is 0 Å². The van der Waals surface area contributed by atoms with Crippen molar-refractivity contribution in [3.63, 3.8) is 0 Å². The maximum Gasteiger partial charge on any atom is 3.00 e. The second-order valence-corrected chi connectivity index (χ2v) is 1.70. The largest absolute Gasteiger partial charge is 3.00 e. The van der Waals surface area contributed by atoms with Gasteiger partial charge in [0, 0.05) is 39.3 Å². The summed E-state index contributed by atoms with van der Waals surface area (Å²) in [7, 11) is 0. The normalized spacial score (nSPS) is 9.42. The minimum absolute atomic E-state index is 0. The molecule has 1 radical (unpaired) electrons. The van der Waals surface area contributed by atoms with Crippen LogP contribution < -0.4 is 0 Å². The Morgan fingerprint density at radius 2 is 2.00 bits per heavy atom. The molecule has 0 rings (SSSR count). The van der Waals surface area contributed by atoms with Gasteiger partial charge in [0.25, 0.3) is 0 Å². The Morgan fingerprint density at radius 3 is 2.33 bits per heavy atom. The zero-order valence-electron chi connectivity index (χ0n) is 8.33. The molecule has 0 aromatic heterocycles. The zero-order chi connectivity index (χ0) is 7.11. The molecule has 0 heterocycles. The van der Waals surface area contributed by atoms with Gasteiger partial charge in [-0.05, 0) is 0 Å². The molecule has 0 N–H and O–H groups in total. The molecule has 0 saturated carbocycles. The molecular weight excluding hydrogens is 302 g/mol. The van der Waals surface area contributed by atoms with Crippen molar-refractivity contribution in [3.8, 4) is 0 Å². The third-order valence-corrected chi connectivity index (χ3v) is 0.932. The van der Waals surface area contributed by atoms with Crippen LogP contribution in [0.1, 0.15) is 20.8 Å². The minimum atomic E-state index is 0. The molecule has 0 aliphatic heterocycles. The molecule has 63 valence electrons. The first-order chi connectivity index (χ1) is 4.31. The van der Waals surface area contributed by atoms with Crippen LogP contribution in [0.2, 0.25) is 0 Å². The predicted octanol–water partition coefficient (Wildman–Crippen LogP) is 2.83. The topological polar surface area (TPSA) is 24.7 Å². The van der Waals surface area contributed by atoms with E-state index < -0.39 is 0 Å². The predicted molar refractivity (Wildman–Crippen MR) is 44.2 cm³/mol. The Labute approximate surface area is 127 Å². The third-order valence-electron chi connectivity index (χ3n) is 0.932. The van der Waals surface area contributed by atoms with Gasteiger partial charge in [-0.1, -0.05) is 6.92 Å². The molecule has 0 aliphatic carbocycles. The van der Waals surface area contributed by atoms with Crippen molar-refractivity contribution in [2.24, 2.45) is 10.2 Å². The van der Waals surface area contributed by atoms with Gasteiger partial charge in [0.05, 0.1) is 0 Å². The average Bonchev–Trinajstić information content (AvgIpc) is 1.89. The summed E-state index contributed by atoms with van der Waals surface area (Å²) in [6, 6.07) is 0. The molecule has 0 unspecified atom stereocenters. The van der Waals surface area contributed by atoms with E-state index in [1.807, 2.05) is 20.8 Å². The number of hydrogen-bond donors (Lipinski definition) is 0. The van der Waals surface area contributed by atoms with Crippen LogP contribution >= 0.6 is 0 Å². The summed E-state index contributed by atoms with van der Waals surface area (Å²) in [4.78, 5) is 0. The molecule has 2 nitrogen and oxygen atoms in total. The van der Waals surface area contributed by atoms with Gasteiger partial charge in [-0.25, -0.2) is 10.7 Å². The second-order valence-electron chi connectivity index (χ2n) is 1.70. The number of hydrogen-bond acceptors (Lipinski definition) is 2. The fraction of sp³-hybridized carbons (Fsp3) is 0.500.